The number of thiophene rings is 1. The topological polar surface area (TPSA) is 52.2 Å². The smallest absolute Gasteiger partial charge is 0.266 e. The predicted octanol–water partition coefficient (Wildman–Crippen LogP) is 3.28. The molecule has 6 heteroatoms. The molecule has 0 radical (unpaired) electrons. The Morgan fingerprint density at radius 1 is 1.12 bits per heavy atom. The molecule has 24 heavy (non-hydrogen) atoms. The molecule has 0 amide bonds. The summed E-state index contributed by atoms with van der Waals surface area (Å²) in [6, 6.07) is 9.94. The molecule has 0 unspecified atom stereocenters. The van der Waals surface area contributed by atoms with Crippen molar-refractivity contribution >= 4 is 27.3 Å². The maximum absolute atomic E-state index is 13.1. The lowest BCUT2D eigenvalue weighted by atomic mass is 9.97. The van der Waals surface area contributed by atoms with Gasteiger partial charge in [0.1, 0.15) is 10.7 Å². The van der Waals surface area contributed by atoms with Gasteiger partial charge >= 0.3 is 0 Å². The molecule has 3 heterocycles. The van der Waals surface area contributed by atoms with Gasteiger partial charge in [0.25, 0.3) is 5.56 Å². The molecule has 5 rings (SSSR count). The zero-order valence-corrected chi connectivity index (χ0v) is 14.1. The summed E-state index contributed by atoms with van der Waals surface area (Å²) in [5.74, 6) is 1.35. The van der Waals surface area contributed by atoms with Gasteiger partial charge in [0.15, 0.2) is 0 Å². The van der Waals surface area contributed by atoms with E-state index >= 15 is 0 Å². The van der Waals surface area contributed by atoms with Gasteiger partial charge in [-0.1, -0.05) is 18.2 Å². The number of aromatic nitrogens is 4. The molecule has 0 spiro atoms. The monoisotopic (exact) mass is 336 g/mol. The zero-order valence-electron chi connectivity index (χ0n) is 13.3. The van der Waals surface area contributed by atoms with Gasteiger partial charge in [-0.3, -0.25) is 9.36 Å². The summed E-state index contributed by atoms with van der Waals surface area (Å²) >= 11 is 1.68. The van der Waals surface area contributed by atoms with E-state index in [1.165, 1.54) is 21.4 Å². The summed E-state index contributed by atoms with van der Waals surface area (Å²) in [6.07, 6.45) is 4.40. The molecule has 0 bridgehead atoms. The lowest BCUT2D eigenvalue weighted by Crippen LogP contribution is -2.17. The van der Waals surface area contributed by atoms with Crippen molar-refractivity contribution in [3.05, 3.63) is 57.0 Å². The fraction of sp³-hybridized carbons (Fsp3) is 0.278. The van der Waals surface area contributed by atoms with Gasteiger partial charge in [-0.15, -0.1) is 16.4 Å². The fourth-order valence-corrected chi connectivity index (χ4v) is 4.88. The van der Waals surface area contributed by atoms with E-state index in [9.17, 15) is 4.79 Å². The summed E-state index contributed by atoms with van der Waals surface area (Å²) in [7, 11) is 0. The number of fused-ring (bicyclic) bond motifs is 4. The van der Waals surface area contributed by atoms with Crippen LogP contribution in [0.2, 0.25) is 0 Å². The van der Waals surface area contributed by atoms with E-state index in [0.717, 1.165) is 41.0 Å². The minimum atomic E-state index is -0.0350. The van der Waals surface area contributed by atoms with Crippen molar-refractivity contribution in [1.82, 2.24) is 19.2 Å². The van der Waals surface area contributed by atoms with Crippen LogP contribution in [0.1, 0.15) is 29.1 Å². The van der Waals surface area contributed by atoms with E-state index in [1.807, 2.05) is 41.8 Å². The molecule has 1 aliphatic rings. The van der Waals surface area contributed by atoms with Crippen LogP contribution in [-0.2, 0) is 12.8 Å². The molecule has 0 saturated carbocycles. The Labute approximate surface area is 142 Å². The zero-order chi connectivity index (χ0) is 16.3. The number of benzene rings is 1. The molecule has 0 saturated heterocycles. The molecular formula is C18H16N4OS. The second-order valence-electron chi connectivity index (χ2n) is 6.24. The standard InChI is InChI=1S/C18H16N4OS/c1-11-20-22-17(23)15-13-9-5-6-10-14(13)24-16(15)19-18(22)21(11)12-7-3-2-4-8-12/h2-4,7-8H,5-6,9-10H2,1H3. The summed E-state index contributed by atoms with van der Waals surface area (Å²) in [5.41, 5.74) is 2.14. The van der Waals surface area contributed by atoms with Crippen LogP contribution in [-0.4, -0.2) is 19.2 Å². The third kappa shape index (κ3) is 1.83. The number of para-hydroxylation sites is 1. The average molecular weight is 336 g/mol. The van der Waals surface area contributed by atoms with Gasteiger partial charge in [0.05, 0.1) is 11.1 Å². The van der Waals surface area contributed by atoms with E-state index in [-0.39, 0.29) is 5.56 Å². The van der Waals surface area contributed by atoms with Gasteiger partial charge in [-0.05, 0) is 50.3 Å². The second-order valence-corrected chi connectivity index (χ2v) is 7.32. The highest BCUT2D eigenvalue weighted by Crippen LogP contribution is 2.34. The van der Waals surface area contributed by atoms with Crippen molar-refractivity contribution in [2.75, 3.05) is 0 Å². The largest absolute Gasteiger partial charge is 0.284 e. The number of nitrogens with zero attached hydrogens (tertiary/aromatic N) is 4. The van der Waals surface area contributed by atoms with Gasteiger partial charge in [0, 0.05) is 4.88 Å². The molecule has 1 aliphatic carbocycles. The first-order valence-corrected chi connectivity index (χ1v) is 9.04. The van der Waals surface area contributed by atoms with E-state index < -0.39 is 0 Å². The number of hydrogen-bond acceptors (Lipinski definition) is 4. The molecule has 120 valence electrons. The van der Waals surface area contributed by atoms with E-state index in [2.05, 4.69) is 5.10 Å². The molecular weight excluding hydrogens is 320 g/mol. The Bertz CT molecular complexity index is 1140. The Morgan fingerprint density at radius 3 is 2.75 bits per heavy atom. The quantitative estimate of drug-likeness (QED) is 0.536. The first-order chi connectivity index (χ1) is 11.7. The van der Waals surface area contributed by atoms with Crippen molar-refractivity contribution in [1.29, 1.82) is 0 Å². The van der Waals surface area contributed by atoms with Gasteiger partial charge in [-0.25, -0.2) is 4.98 Å². The SMILES string of the molecule is Cc1nn2c(=O)c3c4c(sc3nc2n1-c1ccccc1)CCCC4. The van der Waals surface area contributed by atoms with Crippen LogP contribution < -0.4 is 5.56 Å². The van der Waals surface area contributed by atoms with Crippen LogP contribution in [0.4, 0.5) is 0 Å². The third-order valence-corrected chi connectivity index (χ3v) is 5.92. The van der Waals surface area contributed by atoms with Gasteiger partial charge < -0.3 is 0 Å². The molecule has 5 nitrogen and oxygen atoms in total. The van der Waals surface area contributed by atoms with Crippen molar-refractivity contribution in [3.8, 4) is 5.69 Å². The first-order valence-electron chi connectivity index (χ1n) is 8.22. The van der Waals surface area contributed by atoms with E-state index in [1.54, 1.807) is 11.3 Å². The van der Waals surface area contributed by atoms with Crippen LogP contribution in [0.15, 0.2) is 35.1 Å². The predicted molar refractivity (Wildman–Crippen MR) is 95.3 cm³/mol. The fourth-order valence-electron chi connectivity index (χ4n) is 3.63. The summed E-state index contributed by atoms with van der Waals surface area (Å²) < 4.78 is 3.41. The van der Waals surface area contributed by atoms with Gasteiger partial charge in [0.2, 0.25) is 5.78 Å². The van der Waals surface area contributed by atoms with Crippen LogP contribution in [0.3, 0.4) is 0 Å². The third-order valence-electron chi connectivity index (χ3n) is 4.73. The molecule has 1 aromatic carbocycles. The molecule has 0 fully saturated rings. The van der Waals surface area contributed by atoms with Crippen molar-refractivity contribution < 1.29 is 0 Å². The molecule has 0 N–H and O–H groups in total. The van der Waals surface area contributed by atoms with E-state index in [4.69, 9.17) is 4.98 Å². The minimum Gasteiger partial charge on any atom is -0.266 e. The van der Waals surface area contributed by atoms with Crippen molar-refractivity contribution in [2.45, 2.75) is 32.6 Å². The van der Waals surface area contributed by atoms with E-state index in [0.29, 0.717) is 5.78 Å². The maximum Gasteiger partial charge on any atom is 0.284 e. The lowest BCUT2D eigenvalue weighted by Gasteiger charge is -2.09. The first kappa shape index (κ1) is 13.9. The van der Waals surface area contributed by atoms with Crippen LogP contribution in [0.5, 0.6) is 0 Å². The Morgan fingerprint density at radius 2 is 1.92 bits per heavy atom. The highest BCUT2D eigenvalue weighted by molar-refractivity contribution is 7.18. The molecule has 4 aromatic rings. The number of hydrogen-bond donors (Lipinski definition) is 0. The molecule has 3 aromatic heterocycles. The van der Waals surface area contributed by atoms with Crippen molar-refractivity contribution in [3.63, 3.8) is 0 Å². The number of rotatable bonds is 1. The Hall–Kier alpha value is -2.47. The average Bonchev–Trinajstić information content (AvgIpc) is 3.13. The molecule has 0 atom stereocenters. The minimum absolute atomic E-state index is 0.0350. The van der Waals surface area contributed by atoms with Crippen LogP contribution in [0.25, 0.3) is 21.7 Å². The van der Waals surface area contributed by atoms with Crippen LogP contribution >= 0.6 is 11.3 Å². The normalized spacial score (nSPS) is 14.4. The highest BCUT2D eigenvalue weighted by Gasteiger charge is 2.22. The van der Waals surface area contributed by atoms with Crippen molar-refractivity contribution in [2.24, 2.45) is 0 Å². The summed E-state index contributed by atoms with van der Waals surface area (Å²) in [6.45, 7) is 1.91. The Balaban J connectivity index is 1.90. The highest BCUT2D eigenvalue weighted by atomic mass is 32.1. The lowest BCUT2D eigenvalue weighted by molar-refractivity contribution is 0.699. The summed E-state index contributed by atoms with van der Waals surface area (Å²) in [5, 5.41) is 5.26. The Kier molecular flexibility index (Phi) is 2.91. The summed E-state index contributed by atoms with van der Waals surface area (Å²) in [4.78, 5) is 20.1. The van der Waals surface area contributed by atoms with Crippen LogP contribution in [0, 0.1) is 6.92 Å². The maximum atomic E-state index is 13.1. The number of aryl methyl sites for hydroxylation is 3. The molecule has 0 aliphatic heterocycles. The second kappa shape index (κ2) is 5.01. The van der Waals surface area contributed by atoms with Gasteiger partial charge in [-0.2, -0.15) is 4.52 Å².